The van der Waals surface area contributed by atoms with Crippen molar-refractivity contribution in [1.82, 2.24) is 4.90 Å². The van der Waals surface area contributed by atoms with Crippen LogP contribution in [0.2, 0.25) is 0 Å². The Kier molecular flexibility index (Phi) is 3.97. The van der Waals surface area contributed by atoms with Crippen LogP contribution in [-0.2, 0) is 4.74 Å². The molecule has 4 nitrogen and oxygen atoms in total. The Hall–Kier alpha value is -1.43. The zero-order chi connectivity index (χ0) is 14.9. The number of carbonyl (C=O) groups excluding carboxylic acids is 1. The summed E-state index contributed by atoms with van der Waals surface area (Å²) in [7, 11) is 1.75. The average molecular weight is 305 g/mol. The first-order valence-corrected chi connectivity index (χ1v) is 7.93. The SMILES string of the molecule is CN(CC1(O)CCOCC1)C(=O)c1cc2ccccc2s1. The molecule has 0 atom stereocenters. The minimum absolute atomic E-state index is 0.0314. The third-order valence-electron chi connectivity index (χ3n) is 3.94. The molecular formula is C16H19NO3S. The van der Waals surface area contributed by atoms with Gasteiger partial charge in [0, 0.05) is 44.3 Å². The number of fused-ring (bicyclic) bond motifs is 1. The van der Waals surface area contributed by atoms with E-state index < -0.39 is 5.60 Å². The van der Waals surface area contributed by atoms with E-state index in [0.29, 0.717) is 37.5 Å². The van der Waals surface area contributed by atoms with Crippen LogP contribution in [0.1, 0.15) is 22.5 Å². The average Bonchev–Trinajstić information content (AvgIpc) is 2.90. The molecule has 3 rings (SSSR count). The summed E-state index contributed by atoms with van der Waals surface area (Å²) < 4.78 is 6.38. The van der Waals surface area contributed by atoms with Crippen molar-refractivity contribution in [2.24, 2.45) is 0 Å². The van der Waals surface area contributed by atoms with Crippen LogP contribution >= 0.6 is 11.3 Å². The van der Waals surface area contributed by atoms with E-state index in [4.69, 9.17) is 4.74 Å². The maximum absolute atomic E-state index is 12.5. The molecule has 21 heavy (non-hydrogen) atoms. The molecule has 1 saturated heterocycles. The Morgan fingerprint density at radius 1 is 1.38 bits per heavy atom. The summed E-state index contributed by atoms with van der Waals surface area (Å²) >= 11 is 1.50. The molecule has 2 heterocycles. The monoisotopic (exact) mass is 305 g/mol. The van der Waals surface area contributed by atoms with Gasteiger partial charge in [-0.1, -0.05) is 18.2 Å². The van der Waals surface area contributed by atoms with Gasteiger partial charge in [0.05, 0.1) is 10.5 Å². The van der Waals surface area contributed by atoms with Crippen LogP contribution in [0.4, 0.5) is 0 Å². The second kappa shape index (κ2) is 5.75. The predicted octanol–water partition coefficient (Wildman–Crippen LogP) is 2.51. The van der Waals surface area contributed by atoms with Crippen molar-refractivity contribution in [1.29, 1.82) is 0 Å². The molecule has 0 bridgehead atoms. The Labute approximate surface area is 127 Å². The van der Waals surface area contributed by atoms with Gasteiger partial charge in [0.15, 0.2) is 0 Å². The number of ether oxygens (including phenoxy) is 1. The summed E-state index contributed by atoms with van der Waals surface area (Å²) in [6, 6.07) is 9.89. The molecule has 0 saturated carbocycles. The first-order valence-electron chi connectivity index (χ1n) is 7.12. The second-order valence-electron chi connectivity index (χ2n) is 5.65. The summed E-state index contributed by atoms with van der Waals surface area (Å²) in [5, 5.41) is 11.6. The highest BCUT2D eigenvalue weighted by Gasteiger charge is 2.32. The summed E-state index contributed by atoms with van der Waals surface area (Å²) in [6.07, 6.45) is 1.16. The number of benzene rings is 1. The summed E-state index contributed by atoms with van der Waals surface area (Å²) in [6.45, 7) is 1.46. The van der Waals surface area contributed by atoms with Gasteiger partial charge < -0.3 is 14.7 Å². The van der Waals surface area contributed by atoms with Gasteiger partial charge in [0.2, 0.25) is 0 Å². The lowest BCUT2D eigenvalue weighted by Gasteiger charge is -2.35. The topological polar surface area (TPSA) is 49.8 Å². The Morgan fingerprint density at radius 3 is 2.81 bits per heavy atom. The smallest absolute Gasteiger partial charge is 0.263 e. The lowest BCUT2D eigenvalue weighted by Crippen LogP contribution is -2.47. The zero-order valence-electron chi connectivity index (χ0n) is 12.0. The Morgan fingerprint density at radius 2 is 2.10 bits per heavy atom. The van der Waals surface area contributed by atoms with Gasteiger partial charge in [0.1, 0.15) is 0 Å². The summed E-state index contributed by atoms with van der Waals surface area (Å²) in [5.74, 6) is -0.0314. The lowest BCUT2D eigenvalue weighted by atomic mass is 9.94. The first-order chi connectivity index (χ1) is 10.1. The Balaban J connectivity index is 1.74. The van der Waals surface area contributed by atoms with E-state index in [-0.39, 0.29) is 5.91 Å². The molecular weight excluding hydrogens is 286 g/mol. The van der Waals surface area contributed by atoms with Crippen LogP contribution in [0.5, 0.6) is 0 Å². The van der Waals surface area contributed by atoms with E-state index in [1.165, 1.54) is 11.3 Å². The van der Waals surface area contributed by atoms with E-state index in [1.54, 1.807) is 11.9 Å². The van der Waals surface area contributed by atoms with Crippen molar-refractivity contribution in [3.05, 3.63) is 35.2 Å². The highest BCUT2D eigenvalue weighted by molar-refractivity contribution is 7.20. The highest BCUT2D eigenvalue weighted by atomic mass is 32.1. The van der Waals surface area contributed by atoms with Crippen LogP contribution in [0.3, 0.4) is 0 Å². The first kappa shape index (κ1) is 14.5. The van der Waals surface area contributed by atoms with Crippen molar-refractivity contribution >= 4 is 27.3 Å². The molecule has 1 aliphatic heterocycles. The number of hydrogen-bond donors (Lipinski definition) is 1. The molecule has 0 spiro atoms. The number of hydrogen-bond acceptors (Lipinski definition) is 4. The van der Waals surface area contributed by atoms with Gasteiger partial charge in [-0.15, -0.1) is 11.3 Å². The molecule has 112 valence electrons. The van der Waals surface area contributed by atoms with E-state index in [9.17, 15) is 9.90 Å². The van der Waals surface area contributed by atoms with Crippen molar-refractivity contribution in [2.45, 2.75) is 18.4 Å². The van der Waals surface area contributed by atoms with Crippen molar-refractivity contribution < 1.29 is 14.6 Å². The third-order valence-corrected chi connectivity index (χ3v) is 5.04. The van der Waals surface area contributed by atoms with E-state index in [2.05, 4.69) is 0 Å². The fraction of sp³-hybridized carbons (Fsp3) is 0.438. The number of nitrogens with zero attached hydrogens (tertiary/aromatic N) is 1. The van der Waals surface area contributed by atoms with Gasteiger partial charge in [-0.3, -0.25) is 4.79 Å². The number of aliphatic hydroxyl groups is 1. The molecule has 1 aliphatic rings. The lowest BCUT2D eigenvalue weighted by molar-refractivity contribution is -0.0733. The molecule has 1 aromatic heterocycles. The highest BCUT2D eigenvalue weighted by Crippen LogP contribution is 2.27. The molecule has 0 aliphatic carbocycles. The predicted molar refractivity (Wildman–Crippen MR) is 83.8 cm³/mol. The van der Waals surface area contributed by atoms with Crippen LogP contribution in [-0.4, -0.2) is 48.3 Å². The number of rotatable bonds is 3. The quantitative estimate of drug-likeness (QED) is 0.948. The zero-order valence-corrected chi connectivity index (χ0v) is 12.9. The van der Waals surface area contributed by atoms with Gasteiger partial charge in [0.25, 0.3) is 5.91 Å². The van der Waals surface area contributed by atoms with Crippen LogP contribution < -0.4 is 0 Å². The molecule has 1 fully saturated rings. The van der Waals surface area contributed by atoms with Crippen molar-refractivity contribution in [2.75, 3.05) is 26.8 Å². The molecule has 1 N–H and O–H groups in total. The van der Waals surface area contributed by atoms with Gasteiger partial charge >= 0.3 is 0 Å². The standard InChI is InChI=1S/C16H19NO3S/c1-17(11-16(19)6-8-20-9-7-16)15(18)14-10-12-4-2-3-5-13(12)21-14/h2-5,10,19H,6-9,11H2,1H3. The molecule has 1 amide bonds. The van der Waals surface area contributed by atoms with E-state index in [1.807, 2.05) is 30.3 Å². The van der Waals surface area contributed by atoms with Crippen molar-refractivity contribution in [3.8, 4) is 0 Å². The fourth-order valence-electron chi connectivity index (χ4n) is 2.70. The van der Waals surface area contributed by atoms with E-state index >= 15 is 0 Å². The second-order valence-corrected chi connectivity index (χ2v) is 6.73. The number of likely N-dealkylation sites (N-methyl/N-ethyl adjacent to an activating group) is 1. The summed E-state index contributed by atoms with van der Waals surface area (Å²) in [5.41, 5.74) is -0.820. The number of amides is 1. The van der Waals surface area contributed by atoms with Gasteiger partial charge in [-0.2, -0.15) is 0 Å². The molecule has 0 unspecified atom stereocenters. The van der Waals surface area contributed by atoms with E-state index in [0.717, 1.165) is 10.1 Å². The van der Waals surface area contributed by atoms with Crippen molar-refractivity contribution in [3.63, 3.8) is 0 Å². The largest absolute Gasteiger partial charge is 0.388 e. The molecule has 5 heteroatoms. The maximum Gasteiger partial charge on any atom is 0.263 e. The van der Waals surface area contributed by atoms with Crippen LogP contribution in [0.25, 0.3) is 10.1 Å². The molecule has 0 radical (unpaired) electrons. The Bertz CT molecular complexity index is 613. The minimum atomic E-state index is -0.820. The number of thiophene rings is 1. The maximum atomic E-state index is 12.5. The van der Waals surface area contributed by atoms with Gasteiger partial charge in [-0.05, 0) is 17.5 Å². The van der Waals surface area contributed by atoms with Gasteiger partial charge in [-0.25, -0.2) is 0 Å². The van der Waals surface area contributed by atoms with Crippen LogP contribution in [0, 0.1) is 0 Å². The molecule has 2 aromatic rings. The minimum Gasteiger partial charge on any atom is -0.388 e. The normalized spacial score (nSPS) is 17.8. The summed E-state index contributed by atoms with van der Waals surface area (Å²) in [4.78, 5) is 14.9. The fourth-order valence-corrected chi connectivity index (χ4v) is 3.76. The van der Waals surface area contributed by atoms with Crippen LogP contribution in [0.15, 0.2) is 30.3 Å². The molecule has 1 aromatic carbocycles. The number of carbonyl (C=O) groups is 1. The third kappa shape index (κ3) is 3.10.